The first-order chi connectivity index (χ1) is 35.5. The molecule has 0 aromatic rings. The van der Waals surface area contributed by atoms with Crippen LogP contribution in [0.2, 0.25) is 0 Å². The van der Waals surface area contributed by atoms with Crippen LogP contribution in [-0.4, -0.2) is 37.2 Å². The van der Waals surface area contributed by atoms with Crippen LogP contribution >= 0.6 is 0 Å². The molecule has 6 nitrogen and oxygen atoms in total. The van der Waals surface area contributed by atoms with Crippen LogP contribution in [0, 0.1) is 0 Å². The summed E-state index contributed by atoms with van der Waals surface area (Å²) in [5.41, 5.74) is 0. The normalized spacial score (nSPS) is 12.5. The van der Waals surface area contributed by atoms with Crippen molar-refractivity contribution in [2.24, 2.45) is 0 Å². The van der Waals surface area contributed by atoms with Crippen LogP contribution in [-0.2, 0) is 28.6 Å². The molecule has 6 heteroatoms. The Morgan fingerprint density at radius 2 is 0.542 bits per heavy atom. The van der Waals surface area contributed by atoms with Crippen LogP contribution in [0.25, 0.3) is 0 Å². The summed E-state index contributed by atoms with van der Waals surface area (Å²) in [6, 6.07) is 0. The van der Waals surface area contributed by atoms with E-state index in [1.165, 1.54) is 154 Å². The van der Waals surface area contributed by atoms with Gasteiger partial charge in [-0.05, 0) is 103 Å². The number of carbonyl (C=O) groups is 3. The number of unbranched alkanes of at least 4 members (excludes halogenated alkanes) is 33. The molecule has 0 N–H and O–H groups in total. The number of carbonyl (C=O) groups excluding carboxylic acids is 3. The lowest BCUT2D eigenvalue weighted by atomic mass is 10.0. The second-order valence-electron chi connectivity index (χ2n) is 20.6. The highest BCUT2D eigenvalue weighted by molar-refractivity contribution is 5.71. The van der Waals surface area contributed by atoms with Gasteiger partial charge in [-0.3, -0.25) is 14.4 Å². The monoisotopic (exact) mass is 1000 g/mol. The number of hydrogen-bond donors (Lipinski definition) is 0. The Morgan fingerprint density at radius 3 is 0.861 bits per heavy atom. The van der Waals surface area contributed by atoms with Crippen LogP contribution in [0.4, 0.5) is 0 Å². The minimum Gasteiger partial charge on any atom is -0.462 e. The van der Waals surface area contributed by atoms with Gasteiger partial charge in [0.15, 0.2) is 6.10 Å². The summed E-state index contributed by atoms with van der Waals surface area (Å²) in [7, 11) is 0. The SMILES string of the molecule is CCC/C=C\C/C=C\CCCCCCCC(=O)OCC(COC(=O)CCCCCCCCCCCCCCCCC/C=C\C/C=C\CCCCCCC)OC(=O)CCCCCCC/C=C\C/C=C\CCCC. The third-order valence-electron chi connectivity index (χ3n) is 13.4. The highest BCUT2D eigenvalue weighted by Gasteiger charge is 2.19. The molecule has 0 radical (unpaired) electrons. The van der Waals surface area contributed by atoms with E-state index in [4.69, 9.17) is 14.2 Å². The molecular weight excluding hydrogens is 889 g/mol. The van der Waals surface area contributed by atoms with Gasteiger partial charge in [0, 0.05) is 19.3 Å². The number of allylic oxidation sites excluding steroid dienone is 12. The predicted molar refractivity (Wildman–Crippen MR) is 311 cm³/mol. The fraction of sp³-hybridized carbons (Fsp3) is 0.773. The lowest BCUT2D eigenvalue weighted by Crippen LogP contribution is -2.30. The molecule has 0 aromatic heterocycles. The van der Waals surface area contributed by atoms with Crippen molar-refractivity contribution in [3.8, 4) is 0 Å². The molecule has 1 atom stereocenters. The van der Waals surface area contributed by atoms with E-state index < -0.39 is 6.10 Å². The standard InChI is InChI=1S/C66H116O6/c1-4-7-10-13-16-19-22-25-27-28-29-30-31-32-33-34-35-36-37-38-39-42-44-47-50-53-56-59-65(68)71-62-63(61-70-64(67)58-55-52-49-46-43-40-24-21-18-15-12-9-6-3)72-66(69)60-57-54-51-48-45-41-26-23-20-17-14-11-8-5-2/h12,14-15,17,21-26,28-29,63H,4-11,13,16,18-20,27,30-62H2,1-3H3/b15-12-,17-14-,24-21-,25-22-,26-23-,29-28-. The molecule has 72 heavy (non-hydrogen) atoms. The van der Waals surface area contributed by atoms with E-state index in [2.05, 4.69) is 93.7 Å². The average molecular weight is 1010 g/mol. The minimum absolute atomic E-state index is 0.0843. The van der Waals surface area contributed by atoms with Crippen LogP contribution in [0.1, 0.15) is 310 Å². The summed E-state index contributed by atoms with van der Waals surface area (Å²) in [6.07, 6.45) is 77.7. The first-order valence-corrected chi connectivity index (χ1v) is 30.9. The molecule has 0 spiro atoms. The Hall–Kier alpha value is -3.15. The third kappa shape index (κ3) is 57.7. The van der Waals surface area contributed by atoms with Crippen LogP contribution in [0.3, 0.4) is 0 Å². The highest BCUT2D eigenvalue weighted by atomic mass is 16.6. The van der Waals surface area contributed by atoms with Crippen molar-refractivity contribution in [1.82, 2.24) is 0 Å². The molecule has 1 unspecified atom stereocenters. The lowest BCUT2D eigenvalue weighted by molar-refractivity contribution is -0.167. The smallest absolute Gasteiger partial charge is 0.306 e. The van der Waals surface area contributed by atoms with Crippen LogP contribution in [0.5, 0.6) is 0 Å². The lowest BCUT2D eigenvalue weighted by Gasteiger charge is -2.18. The first-order valence-electron chi connectivity index (χ1n) is 30.9. The van der Waals surface area contributed by atoms with Gasteiger partial charge in [-0.25, -0.2) is 0 Å². The predicted octanol–water partition coefficient (Wildman–Crippen LogP) is 20.9. The second kappa shape index (κ2) is 60.4. The fourth-order valence-electron chi connectivity index (χ4n) is 8.70. The van der Waals surface area contributed by atoms with E-state index >= 15 is 0 Å². The van der Waals surface area contributed by atoms with Crippen LogP contribution < -0.4 is 0 Å². The Morgan fingerprint density at radius 1 is 0.278 bits per heavy atom. The molecule has 0 bridgehead atoms. The van der Waals surface area contributed by atoms with Gasteiger partial charge >= 0.3 is 17.9 Å². The molecule has 0 aliphatic rings. The second-order valence-corrected chi connectivity index (χ2v) is 20.6. The Kier molecular flexibility index (Phi) is 57.8. The molecule has 0 aliphatic heterocycles. The zero-order valence-corrected chi connectivity index (χ0v) is 47.7. The molecule has 0 saturated heterocycles. The van der Waals surface area contributed by atoms with Gasteiger partial charge in [0.25, 0.3) is 0 Å². The molecule has 0 saturated carbocycles. The number of ether oxygens (including phenoxy) is 3. The summed E-state index contributed by atoms with van der Waals surface area (Å²) in [5.74, 6) is -0.904. The van der Waals surface area contributed by atoms with Crippen molar-refractivity contribution in [1.29, 1.82) is 0 Å². The van der Waals surface area contributed by atoms with Crippen molar-refractivity contribution in [3.63, 3.8) is 0 Å². The van der Waals surface area contributed by atoms with Gasteiger partial charge < -0.3 is 14.2 Å². The van der Waals surface area contributed by atoms with E-state index in [0.29, 0.717) is 19.3 Å². The summed E-state index contributed by atoms with van der Waals surface area (Å²) in [4.78, 5) is 38.2. The number of rotatable bonds is 56. The number of hydrogen-bond acceptors (Lipinski definition) is 6. The van der Waals surface area contributed by atoms with Gasteiger partial charge in [-0.2, -0.15) is 0 Å². The van der Waals surface area contributed by atoms with E-state index in [1.807, 2.05) is 0 Å². The molecule has 0 aromatic carbocycles. The highest BCUT2D eigenvalue weighted by Crippen LogP contribution is 2.16. The van der Waals surface area contributed by atoms with Gasteiger partial charge in [0.2, 0.25) is 0 Å². The van der Waals surface area contributed by atoms with Gasteiger partial charge in [0.1, 0.15) is 13.2 Å². The maximum absolute atomic E-state index is 12.8. The Labute approximate surface area is 446 Å². The molecule has 0 heterocycles. The molecule has 0 amide bonds. The Balaban J connectivity index is 4.23. The first kappa shape index (κ1) is 68.8. The summed E-state index contributed by atoms with van der Waals surface area (Å²) in [5, 5.41) is 0. The van der Waals surface area contributed by atoms with Crippen molar-refractivity contribution >= 4 is 17.9 Å². The van der Waals surface area contributed by atoms with Crippen molar-refractivity contribution in [2.75, 3.05) is 13.2 Å². The van der Waals surface area contributed by atoms with Gasteiger partial charge in [0.05, 0.1) is 0 Å². The average Bonchev–Trinajstić information content (AvgIpc) is 3.38. The summed E-state index contributed by atoms with van der Waals surface area (Å²) in [6.45, 7) is 6.52. The molecule has 0 fully saturated rings. The fourth-order valence-corrected chi connectivity index (χ4v) is 8.70. The molecule has 0 rings (SSSR count). The largest absolute Gasteiger partial charge is 0.462 e. The molecular formula is C66H116O6. The molecule has 416 valence electrons. The van der Waals surface area contributed by atoms with E-state index in [9.17, 15) is 14.4 Å². The maximum Gasteiger partial charge on any atom is 0.306 e. The van der Waals surface area contributed by atoms with Gasteiger partial charge in [-0.1, -0.05) is 261 Å². The summed E-state index contributed by atoms with van der Waals surface area (Å²) < 4.78 is 16.9. The van der Waals surface area contributed by atoms with E-state index in [1.54, 1.807) is 0 Å². The van der Waals surface area contributed by atoms with Gasteiger partial charge in [-0.15, -0.1) is 0 Å². The minimum atomic E-state index is -0.788. The van der Waals surface area contributed by atoms with E-state index in [0.717, 1.165) is 116 Å². The zero-order chi connectivity index (χ0) is 52.2. The van der Waals surface area contributed by atoms with Crippen molar-refractivity contribution < 1.29 is 28.6 Å². The quantitative estimate of drug-likeness (QED) is 0.0261. The maximum atomic E-state index is 12.8. The zero-order valence-electron chi connectivity index (χ0n) is 47.7. The topological polar surface area (TPSA) is 78.9 Å². The third-order valence-corrected chi connectivity index (χ3v) is 13.4. The van der Waals surface area contributed by atoms with E-state index in [-0.39, 0.29) is 31.1 Å². The number of esters is 3. The van der Waals surface area contributed by atoms with Crippen LogP contribution in [0.15, 0.2) is 72.9 Å². The van der Waals surface area contributed by atoms with Crippen molar-refractivity contribution in [2.45, 2.75) is 316 Å². The molecule has 0 aliphatic carbocycles. The Bertz CT molecular complexity index is 1340. The summed E-state index contributed by atoms with van der Waals surface area (Å²) >= 11 is 0. The van der Waals surface area contributed by atoms with Crippen molar-refractivity contribution in [3.05, 3.63) is 72.9 Å².